The minimum absolute atomic E-state index is 0.247. The first-order valence-corrected chi connectivity index (χ1v) is 12.3. The molecule has 4 rings (SSSR count). The van der Waals surface area contributed by atoms with Crippen LogP contribution in [0.1, 0.15) is 32.2 Å². The van der Waals surface area contributed by atoms with Gasteiger partial charge in [0.05, 0.1) is 20.8 Å². The van der Waals surface area contributed by atoms with Crippen molar-refractivity contribution in [3.8, 4) is 11.5 Å². The Labute approximate surface area is 214 Å². The minimum Gasteiger partial charge on any atom is -0.497 e. The number of methoxy groups -OCH3 is 2. The number of carbonyl (C=O) groups excluding carboxylic acids is 1. The number of nitrogens with one attached hydrogen (secondary N) is 1. The fourth-order valence-corrected chi connectivity index (χ4v) is 4.57. The first kappa shape index (κ1) is 25.3. The van der Waals surface area contributed by atoms with Crippen molar-refractivity contribution in [2.75, 3.05) is 19.5 Å². The molecule has 0 radical (unpaired) electrons. The summed E-state index contributed by atoms with van der Waals surface area (Å²) in [6.45, 7) is 3.64. The summed E-state index contributed by atoms with van der Waals surface area (Å²) in [5.74, 6) is 0.912. The van der Waals surface area contributed by atoms with Crippen LogP contribution >= 0.6 is 11.3 Å². The Bertz CT molecular complexity index is 1310. The minimum atomic E-state index is -0.272. The van der Waals surface area contributed by atoms with Crippen LogP contribution in [-0.4, -0.2) is 30.0 Å². The van der Waals surface area contributed by atoms with Gasteiger partial charge < -0.3 is 14.8 Å². The van der Waals surface area contributed by atoms with E-state index in [2.05, 4.69) is 15.2 Å². The highest BCUT2D eigenvalue weighted by Crippen LogP contribution is 2.27. The fraction of sp³-hybridized carbons (Fsp3) is 0.214. The third-order valence-corrected chi connectivity index (χ3v) is 6.49. The van der Waals surface area contributed by atoms with Crippen molar-refractivity contribution in [3.63, 3.8) is 0 Å². The predicted octanol–water partition coefficient (Wildman–Crippen LogP) is 6.06. The van der Waals surface area contributed by atoms with Crippen molar-refractivity contribution < 1.29 is 18.7 Å². The number of thiazole rings is 1. The quantitative estimate of drug-likeness (QED) is 0.284. The van der Waals surface area contributed by atoms with Crippen molar-refractivity contribution in [3.05, 3.63) is 105 Å². The SMILES string of the molecule is COc1ccc(CN(Cc2ccc(F)cc2)Cc2nc(C(=O)Nc3ccc(C)cc3)cs2)c(OC)c1. The highest BCUT2D eigenvalue weighted by molar-refractivity contribution is 7.09. The molecule has 0 fully saturated rings. The lowest BCUT2D eigenvalue weighted by atomic mass is 10.1. The van der Waals surface area contributed by atoms with Gasteiger partial charge in [-0.3, -0.25) is 9.69 Å². The lowest BCUT2D eigenvalue weighted by Gasteiger charge is -2.23. The summed E-state index contributed by atoms with van der Waals surface area (Å²) in [7, 11) is 3.24. The Morgan fingerprint density at radius 3 is 2.42 bits per heavy atom. The van der Waals surface area contributed by atoms with Gasteiger partial charge in [0.1, 0.15) is 28.0 Å². The van der Waals surface area contributed by atoms with Crippen LogP contribution in [0.2, 0.25) is 0 Å². The topological polar surface area (TPSA) is 63.7 Å². The molecule has 0 unspecified atom stereocenters. The number of hydrogen-bond donors (Lipinski definition) is 1. The highest BCUT2D eigenvalue weighted by Gasteiger charge is 2.17. The number of ether oxygens (including phenoxy) is 2. The van der Waals surface area contributed by atoms with Crippen LogP contribution in [0.3, 0.4) is 0 Å². The van der Waals surface area contributed by atoms with E-state index >= 15 is 0 Å². The first-order valence-electron chi connectivity index (χ1n) is 11.4. The van der Waals surface area contributed by atoms with E-state index in [4.69, 9.17) is 9.47 Å². The maximum Gasteiger partial charge on any atom is 0.275 e. The second-order valence-electron chi connectivity index (χ2n) is 8.40. The Hall–Kier alpha value is -3.75. The standard InChI is InChI=1S/C28H28FN3O3S/c1-19-4-11-23(12-5-19)30-28(33)25-18-36-27(31-25)17-32(15-20-6-9-22(29)10-7-20)16-21-8-13-24(34-2)14-26(21)35-3/h4-14,18H,15-17H2,1-3H3,(H,30,33). The van der Waals surface area contributed by atoms with Crippen molar-refractivity contribution in [1.29, 1.82) is 0 Å². The number of nitrogens with zero attached hydrogens (tertiary/aromatic N) is 2. The number of rotatable bonds is 10. The van der Waals surface area contributed by atoms with Gasteiger partial charge in [-0.05, 0) is 42.8 Å². The average molecular weight is 506 g/mol. The van der Waals surface area contributed by atoms with Gasteiger partial charge in [-0.25, -0.2) is 9.37 Å². The molecule has 1 aromatic heterocycles. The third kappa shape index (κ3) is 6.68. The maximum absolute atomic E-state index is 13.5. The summed E-state index contributed by atoms with van der Waals surface area (Å²) < 4.78 is 24.4. The number of benzene rings is 3. The molecular weight excluding hydrogens is 477 g/mol. The van der Waals surface area contributed by atoms with Crippen LogP contribution in [0.4, 0.5) is 10.1 Å². The molecular formula is C28H28FN3O3S. The summed E-state index contributed by atoms with van der Waals surface area (Å²) in [5, 5.41) is 5.46. The van der Waals surface area contributed by atoms with Crippen molar-refractivity contribution in [2.24, 2.45) is 0 Å². The molecule has 0 saturated carbocycles. The van der Waals surface area contributed by atoms with Gasteiger partial charge in [0.2, 0.25) is 0 Å². The van der Waals surface area contributed by atoms with Crippen LogP contribution in [0.5, 0.6) is 11.5 Å². The number of carbonyl (C=O) groups is 1. The molecule has 8 heteroatoms. The van der Waals surface area contributed by atoms with E-state index < -0.39 is 0 Å². The molecule has 0 spiro atoms. The molecule has 0 aliphatic rings. The lowest BCUT2D eigenvalue weighted by molar-refractivity contribution is 0.102. The summed E-state index contributed by atoms with van der Waals surface area (Å²) in [6.07, 6.45) is 0. The van der Waals surface area contributed by atoms with E-state index in [0.717, 1.165) is 33.1 Å². The van der Waals surface area contributed by atoms with Crippen molar-refractivity contribution >= 4 is 22.9 Å². The van der Waals surface area contributed by atoms with Gasteiger partial charge in [0, 0.05) is 35.8 Å². The Morgan fingerprint density at radius 2 is 1.72 bits per heavy atom. The van der Waals surface area contributed by atoms with Gasteiger partial charge in [-0.15, -0.1) is 11.3 Å². The number of hydrogen-bond acceptors (Lipinski definition) is 6. The second kappa shape index (κ2) is 11.8. The first-order chi connectivity index (χ1) is 17.4. The molecule has 0 bridgehead atoms. The maximum atomic E-state index is 13.5. The number of anilines is 1. The molecule has 1 amide bonds. The molecule has 6 nitrogen and oxygen atoms in total. The smallest absolute Gasteiger partial charge is 0.275 e. The van der Waals surface area contributed by atoms with Crippen LogP contribution < -0.4 is 14.8 Å². The molecule has 0 aliphatic carbocycles. The molecule has 4 aromatic rings. The molecule has 186 valence electrons. The van der Waals surface area contributed by atoms with Crippen LogP contribution in [-0.2, 0) is 19.6 Å². The Morgan fingerprint density at radius 1 is 0.972 bits per heavy atom. The number of halogens is 1. The predicted molar refractivity (Wildman–Crippen MR) is 140 cm³/mol. The largest absolute Gasteiger partial charge is 0.497 e. The van der Waals surface area contributed by atoms with Crippen LogP contribution in [0.25, 0.3) is 0 Å². The van der Waals surface area contributed by atoms with E-state index in [1.165, 1.54) is 23.5 Å². The normalized spacial score (nSPS) is 10.9. The van der Waals surface area contributed by atoms with Gasteiger partial charge in [0.25, 0.3) is 5.91 Å². The monoisotopic (exact) mass is 505 g/mol. The molecule has 0 atom stereocenters. The zero-order chi connectivity index (χ0) is 25.5. The van der Waals surface area contributed by atoms with E-state index in [9.17, 15) is 9.18 Å². The molecule has 36 heavy (non-hydrogen) atoms. The number of aromatic nitrogens is 1. The summed E-state index contributed by atoms with van der Waals surface area (Å²) in [5.41, 5.74) is 4.18. The van der Waals surface area contributed by atoms with Gasteiger partial charge >= 0.3 is 0 Å². The molecule has 1 heterocycles. The second-order valence-corrected chi connectivity index (χ2v) is 9.34. The fourth-order valence-electron chi connectivity index (χ4n) is 3.75. The van der Waals surface area contributed by atoms with E-state index in [1.807, 2.05) is 49.4 Å². The Kier molecular flexibility index (Phi) is 8.30. The zero-order valence-electron chi connectivity index (χ0n) is 20.5. The molecule has 3 aromatic carbocycles. The molecule has 0 aliphatic heterocycles. The summed E-state index contributed by atoms with van der Waals surface area (Å²) in [4.78, 5) is 19.5. The van der Waals surface area contributed by atoms with E-state index in [0.29, 0.717) is 31.1 Å². The number of amides is 1. The van der Waals surface area contributed by atoms with Crippen LogP contribution in [0.15, 0.2) is 72.1 Å². The summed E-state index contributed by atoms with van der Waals surface area (Å²) in [6, 6.07) is 19.8. The van der Waals surface area contributed by atoms with Crippen molar-refractivity contribution in [2.45, 2.75) is 26.6 Å². The molecule has 1 N–H and O–H groups in total. The van der Waals surface area contributed by atoms with Gasteiger partial charge in [-0.1, -0.05) is 35.9 Å². The molecule has 0 saturated heterocycles. The number of aryl methyl sites for hydroxylation is 1. The van der Waals surface area contributed by atoms with Crippen LogP contribution in [0, 0.1) is 12.7 Å². The van der Waals surface area contributed by atoms with Crippen molar-refractivity contribution in [1.82, 2.24) is 9.88 Å². The summed E-state index contributed by atoms with van der Waals surface area (Å²) >= 11 is 1.43. The zero-order valence-corrected chi connectivity index (χ0v) is 21.3. The van der Waals surface area contributed by atoms with Gasteiger partial charge in [0.15, 0.2) is 0 Å². The highest BCUT2D eigenvalue weighted by atomic mass is 32.1. The lowest BCUT2D eigenvalue weighted by Crippen LogP contribution is -2.23. The third-order valence-electron chi connectivity index (χ3n) is 5.66. The Balaban J connectivity index is 1.52. The average Bonchev–Trinajstić information content (AvgIpc) is 3.35. The van der Waals surface area contributed by atoms with E-state index in [1.54, 1.807) is 31.7 Å². The van der Waals surface area contributed by atoms with Gasteiger partial charge in [-0.2, -0.15) is 0 Å². The van der Waals surface area contributed by atoms with E-state index in [-0.39, 0.29) is 11.7 Å².